The number of aromatic nitrogens is 2. The van der Waals surface area contributed by atoms with Crippen molar-refractivity contribution in [2.45, 2.75) is 17.6 Å². The minimum absolute atomic E-state index is 0.0748. The maximum Gasteiger partial charge on any atom is 0.431 e. The molecule has 0 fully saturated rings. The highest BCUT2D eigenvalue weighted by Gasteiger charge is 2.35. The molecule has 2 aromatic rings. The Morgan fingerprint density at radius 2 is 1.73 bits per heavy atom. The topological polar surface area (TPSA) is 98.4 Å². The van der Waals surface area contributed by atoms with Crippen LogP contribution in [-0.4, -0.2) is 22.1 Å². The molecular formula is C13H9Cl2F3N2O5S. The second kappa shape index (κ2) is 6.72. The van der Waals surface area contributed by atoms with Gasteiger partial charge >= 0.3 is 11.9 Å². The van der Waals surface area contributed by atoms with Crippen molar-refractivity contribution in [3.63, 3.8) is 0 Å². The van der Waals surface area contributed by atoms with Gasteiger partial charge in [0.05, 0.1) is 11.6 Å². The number of halogens is 5. The number of benzene rings is 1. The molecule has 0 bridgehead atoms. The highest BCUT2D eigenvalue weighted by Crippen LogP contribution is 2.30. The van der Waals surface area contributed by atoms with Crippen LogP contribution in [0, 0.1) is 0 Å². The Kier molecular flexibility index (Phi) is 5.30. The van der Waals surface area contributed by atoms with Crippen molar-refractivity contribution in [2.24, 2.45) is 7.05 Å². The van der Waals surface area contributed by atoms with Crippen molar-refractivity contribution in [1.29, 1.82) is 0 Å². The Labute approximate surface area is 153 Å². The average Bonchev–Trinajstić information content (AvgIpc) is 2.43. The van der Waals surface area contributed by atoms with E-state index in [1.54, 1.807) is 0 Å². The highest BCUT2D eigenvalue weighted by atomic mass is 35.5. The summed E-state index contributed by atoms with van der Waals surface area (Å²) in [6.07, 6.45) is -4.94. The predicted molar refractivity (Wildman–Crippen MR) is 86.3 cm³/mol. The van der Waals surface area contributed by atoms with E-state index >= 15 is 0 Å². The minimum Gasteiger partial charge on any atom is -0.292 e. The maximum atomic E-state index is 12.8. The minimum atomic E-state index is -4.94. The zero-order valence-corrected chi connectivity index (χ0v) is 15.0. The fraction of sp³-hybridized carbons (Fsp3) is 0.231. The van der Waals surface area contributed by atoms with Crippen LogP contribution in [0.4, 0.5) is 13.2 Å². The highest BCUT2D eigenvalue weighted by molar-refractivity contribution is 7.86. The monoisotopic (exact) mass is 432 g/mol. The average molecular weight is 433 g/mol. The molecule has 0 spiro atoms. The number of rotatable bonds is 3. The Bertz CT molecular complexity index is 1110. The molecule has 0 aliphatic carbocycles. The lowest BCUT2D eigenvalue weighted by atomic mass is 10.2. The molecule has 0 radical (unpaired) electrons. The lowest BCUT2D eigenvalue weighted by molar-refractivity contribution is -0.144. The van der Waals surface area contributed by atoms with Gasteiger partial charge in [0.2, 0.25) is 0 Å². The fourth-order valence-electron chi connectivity index (χ4n) is 2.28. The summed E-state index contributed by atoms with van der Waals surface area (Å²) in [5.74, 6) is 0. The summed E-state index contributed by atoms with van der Waals surface area (Å²) in [4.78, 5) is 23.3. The summed E-state index contributed by atoms with van der Waals surface area (Å²) in [6.45, 7) is -0.779. The SMILES string of the molecule is Cn1c(C(F)(F)F)cc(=O)n(Cc2cc(Cl)cc(Cl)c2S(=O)(=O)O)c1=O. The molecule has 0 amide bonds. The molecule has 7 nitrogen and oxygen atoms in total. The predicted octanol–water partition coefficient (Wildman–Crippen LogP) is 2.17. The number of nitrogens with zero attached hydrogens (tertiary/aromatic N) is 2. The molecule has 0 atom stereocenters. The van der Waals surface area contributed by atoms with Crippen LogP contribution in [0.2, 0.25) is 10.0 Å². The van der Waals surface area contributed by atoms with Gasteiger partial charge in [0, 0.05) is 18.1 Å². The van der Waals surface area contributed by atoms with Gasteiger partial charge < -0.3 is 0 Å². The first-order valence-electron chi connectivity index (χ1n) is 6.57. The number of hydrogen-bond donors (Lipinski definition) is 1. The van der Waals surface area contributed by atoms with E-state index in [0.717, 1.165) is 19.2 Å². The van der Waals surface area contributed by atoms with E-state index in [2.05, 4.69) is 0 Å². The number of hydrogen-bond acceptors (Lipinski definition) is 4. The summed E-state index contributed by atoms with van der Waals surface area (Å²) in [5.41, 5.74) is -4.48. The standard InChI is InChI=1S/C13H9Cl2F3N2O5S/c1-19-9(13(16,17)18)4-10(21)20(12(19)22)5-6-2-7(14)3-8(15)11(6)26(23,24)25/h2-4H,5H2,1H3,(H,23,24,25). The Hall–Kier alpha value is -1.82. The van der Waals surface area contributed by atoms with Crippen molar-refractivity contribution in [2.75, 3.05) is 0 Å². The Balaban J connectivity index is 2.74. The van der Waals surface area contributed by atoms with Crippen LogP contribution in [-0.2, 0) is 29.9 Å². The van der Waals surface area contributed by atoms with Crippen molar-refractivity contribution >= 4 is 33.3 Å². The van der Waals surface area contributed by atoms with Crippen LogP contribution in [0.1, 0.15) is 11.3 Å². The molecule has 1 heterocycles. The summed E-state index contributed by atoms with van der Waals surface area (Å²) in [7, 11) is -4.06. The molecule has 2 rings (SSSR count). The van der Waals surface area contributed by atoms with Crippen molar-refractivity contribution < 1.29 is 26.1 Å². The van der Waals surface area contributed by atoms with E-state index in [1.165, 1.54) is 0 Å². The van der Waals surface area contributed by atoms with E-state index in [-0.39, 0.29) is 21.2 Å². The van der Waals surface area contributed by atoms with Gasteiger partial charge in [-0.15, -0.1) is 0 Å². The van der Waals surface area contributed by atoms with Crippen molar-refractivity contribution in [1.82, 2.24) is 9.13 Å². The molecule has 142 valence electrons. The third-order valence-corrected chi connectivity index (χ3v) is 4.99. The first kappa shape index (κ1) is 20.5. The van der Waals surface area contributed by atoms with E-state index in [0.29, 0.717) is 4.57 Å². The normalized spacial score (nSPS) is 12.4. The van der Waals surface area contributed by atoms with Crippen molar-refractivity contribution in [3.05, 3.63) is 60.3 Å². The second-order valence-corrected chi connectivity index (χ2v) is 7.35. The third kappa shape index (κ3) is 3.95. The molecular weight excluding hydrogens is 424 g/mol. The van der Waals surface area contributed by atoms with Gasteiger partial charge in [-0.3, -0.25) is 18.5 Å². The molecule has 0 aliphatic heterocycles. The molecule has 0 saturated carbocycles. The molecule has 1 aromatic carbocycles. The smallest absolute Gasteiger partial charge is 0.292 e. The largest absolute Gasteiger partial charge is 0.431 e. The fourth-order valence-corrected chi connectivity index (χ4v) is 3.87. The van der Waals surface area contributed by atoms with Crippen LogP contribution in [0.3, 0.4) is 0 Å². The molecule has 1 aromatic heterocycles. The zero-order chi connectivity index (χ0) is 20.0. The van der Waals surface area contributed by atoms with Crippen molar-refractivity contribution in [3.8, 4) is 0 Å². The van der Waals surface area contributed by atoms with Gasteiger partial charge in [0.15, 0.2) is 0 Å². The van der Waals surface area contributed by atoms with Gasteiger partial charge in [-0.1, -0.05) is 23.2 Å². The van der Waals surface area contributed by atoms with Crippen LogP contribution in [0.15, 0.2) is 32.7 Å². The van der Waals surface area contributed by atoms with Crippen LogP contribution in [0.5, 0.6) is 0 Å². The second-order valence-electron chi connectivity index (χ2n) is 5.14. The van der Waals surface area contributed by atoms with E-state index < -0.39 is 49.7 Å². The lowest BCUT2D eigenvalue weighted by Crippen LogP contribution is -2.42. The number of alkyl halides is 3. The summed E-state index contributed by atoms with van der Waals surface area (Å²) < 4.78 is 71.4. The molecule has 0 saturated heterocycles. The first-order chi connectivity index (χ1) is 11.7. The van der Waals surface area contributed by atoms with Crippen LogP contribution in [0.25, 0.3) is 0 Å². The van der Waals surface area contributed by atoms with Gasteiger partial charge in [-0.25, -0.2) is 4.79 Å². The van der Waals surface area contributed by atoms with E-state index in [1.807, 2.05) is 0 Å². The maximum absolute atomic E-state index is 12.8. The van der Waals surface area contributed by atoms with Gasteiger partial charge in [0.25, 0.3) is 15.7 Å². The summed E-state index contributed by atoms with van der Waals surface area (Å²) >= 11 is 11.5. The van der Waals surface area contributed by atoms with Gasteiger partial charge in [0.1, 0.15) is 10.6 Å². The molecule has 0 unspecified atom stereocenters. The quantitative estimate of drug-likeness (QED) is 0.749. The van der Waals surface area contributed by atoms with E-state index in [9.17, 15) is 35.7 Å². The molecule has 0 aliphatic rings. The first-order valence-corrected chi connectivity index (χ1v) is 8.76. The third-order valence-electron chi connectivity index (χ3n) is 3.37. The Morgan fingerprint density at radius 1 is 1.15 bits per heavy atom. The Morgan fingerprint density at radius 3 is 2.23 bits per heavy atom. The van der Waals surface area contributed by atoms with E-state index in [4.69, 9.17) is 23.2 Å². The molecule has 1 N–H and O–H groups in total. The zero-order valence-electron chi connectivity index (χ0n) is 12.7. The molecule has 26 heavy (non-hydrogen) atoms. The van der Waals surface area contributed by atoms with Crippen LogP contribution >= 0.6 is 23.2 Å². The van der Waals surface area contributed by atoms with Gasteiger partial charge in [-0.2, -0.15) is 21.6 Å². The summed E-state index contributed by atoms with van der Waals surface area (Å²) in [5, 5.41) is -0.555. The van der Waals surface area contributed by atoms with Crippen LogP contribution < -0.4 is 11.2 Å². The molecule has 13 heteroatoms. The lowest BCUT2D eigenvalue weighted by Gasteiger charge is -2.15. The summed E-state index contributed by atoms with van der Waals surface area (Å²) in [6, 6.07) is 2.21. The van der Waals surface area contributed by atoms with Gasteiger partial charge in [-0.05, 0) is 17.7 Å².